The van der Waals surface area contributed by atoms with Crippen LogP contribution in [0.25, 0.3) is 0 Å². The number of benzene rings is 1. The van der Waals surface area contributed by atoms with E-state index in [2.05, 4.69) is 5.32 Å². The Morgan fingerprint density at radius 3 is 2.48 bits per heavy atom. The van der Waals surface area contributed by atoms with Gasteiger partial charge in [-0.1, -0.05) is 19.3 Å². The molecule has 4 heteroatoms. The first-order valence-corrected chi connectivity index (χ1v) is 7.81. The Morgan fingerprint density at radius 2 is 1.90 bits per heavy atom. The number of carbonyl (C=O) groups excluding carboxylic acids is 1. The topological polar surface area (TPSA) is 47.6 Å². The second-order valence-corrected chi connectivity index (χ2v) is 5.50. The van der Waals surface area contributed by atoms with Gasteiger partial charge in [-0.2, -0.15) is 0 Å². The zero-order chi connectivity index (χ0) is 15.1. The Morgan fingerprint density at radius 1 is 1.24 bits per heavy atom. The van der Waals surface area contributed by atoms with Gasteiger partial charge in [0, 0.05) is 5.69 Å². The number of esters is 1. The normalized spacial score (nSPS) is 17.0. The van der Waals surface area contributed by atoms with Crippen LogP contribution in [0.5, 0.6) is 5.75 Å². The molecule has 0 amide bonds. The van der Waals surface area contributed by atoms with Crippen LogP contribution in [0, 0.1) is 5.92 Å². The van der Waals surface area contributed by atoms with Crippen LogP contribution in [0.4, 0.5) is 5.69 Å². The average molecular weight is 291 g/mol. The van der Waals surface area contributed by atoms with Gasteiger partial charge in [-0.3, -0.25) is 0 Å². The first-order chi connectivity index (χ1) is 10.2. The number of anilines is 1. The van der Waals surface area contributed by atoms with Crippen LogP contribution in [0.15, 0.2) is 24.3 Å². The maximum absolute atomic E-state index is 12.3. The molecule has 1 aromatic carbocycles. The third-order valence-corrected chi connectivity index (χ3v) is 4.07. The van der Waals surface area contributed by atoms with Crippen LogP contribution in [0.3, 0.4) is 0 Å². The maximum Gasteiger partial charge on any atom is 0.328 e. The summed E-state index contributed by atoms with van der Waals surface area (Å²) in [6, 6.07) is 7.41. The van der Waals surface area contributed by atoms with Crippen molar-refractivity contribution in [3.63, 3.8) is 0 Å². The number of methoxy groups -OCH3 is 1. The van der Waals surface area contributed by atoms with Crippen molar-refractivity contribution in [3.05, 3.63) is 24.3 Å². The van der Waals surface area contributed by atoms with E-state index in [1.54, 1.807) is 7.11 Å². The minimum atomic E-state index is -0.251. The van der Waals surface area contributed by atoms with Crippen molar-refractivity contribution >= 4 is 11.7 Å². The molecule has 1 fully saturated rings. The second-order valence-electron chi connectivity index (χ2n) is 5.50. The number of ether oxygens (including phenoxy) is 2. The molecule has 4 nitrogen and oxygen atoms in total. The van der Waals surface area contributed by atoms with Gasteiger partial charge in [0.1, 0.15) is 11.8 Å². The fraction of sp³-hybridized carbons (Fsp3) is 0.588. The number of hydrogen-bond donors (Lipinski definition) is 1. The summed E-state index contributed by atoms with van der Waals surface area (Å²) in [7, 11) is 1.64. The summed E-state index contributed by atoms with van der Waals surface area (Å²) in [6.07, 6.45) is 5.85. The molecule has 2 rings (SSSR count). The van der Waals surface area contributed by atoms with Crippen molar-refractivity contribution in [1.29, 1.82) is 0 Å². The van der Waals surface area contributed by atoms with Crippen molar-refractivity contribution < 1.29 is 14.3 Å². The van der Waals surface area contributed by atoms with E-state index in [9.17, 15) is 4.79 Å². The summed E-state index contributed by atoms with van der Waals surface area (Å²) in [5.41, 5.74) is 0.930. The number of nitrogens with one attached hydrogen (secondary N) is 1. The highest BCUT2D eigenvalue weighted by molar-refractivity contribution is 5.79. The summed E-state index contributed by atoms with van der Waals surface area (Å²) < 4.78 is 10.4. The van der Waals surface area contributed by atoms with Crippen molar-refractivity contribution in [3.8, 4) is 5.75 Å². The SMILES string of the molecule is CCOC(=O)C(Nc1ccc(OC)cc1)C1CCCCC1. The number of carbonyl (C=O) groups is 1. The molecule has 0 saturated heterocycles. The summed E-state index contributed by atoms with van der Waals surface area (Å²) in [5, 5.41) is 3.35. The molecule has 0 aliphatic heterocycles. The molecule has 1 N–H and O–H groups in total. The lowest BCUT2D eigenvalue weighted by Gasteiger charge is -2.30. The predicted octanol–water partition coefficient (Wildman–Crippen LogP) is 3.62. The van der Waals surface area contributed by atoms with E-state index in [4.69, 9.17) is 9.47 Å². The van der Waals surface area contributed by atoms with Crippen molar-refractivity contribution in [2.45, 2.75) is 45.1 Å². The first kappa shape index (κ1) is 15.7. The van der Waals surface area contributed by atoms with Gasteiger partial charge in [0.2, 0.25) is 0 Å². The molecule has 0 spiro atoms. The lowest BCUT2D eigenvalue weighted by Crippen LogP contribution is -2.39. The van der Waals surface area contributed by atoms with E-state index >= 15 is 0 Å². The Balaban J connectivity index is 2.07. The lowest BCUT2D eigenvalue weighted by molar-refractivity contribution is -0.145. The van der Waals surface area contributed by atoms with Crippen LogP contribution in [-0.4, -0.2) is 25.7 Å². The van der Waals surface area contributed by atoms with E-state index in [-0.39, 0.29) is 12.0 Å². The maximum atomic E-state index is 12.3. The molecule has 1 atom stereocenters. The molecule has 1 saturated carbocycles. The molecule has 1 unspecified atom stereocenters. The first-order valence-electron chi connectivity index (χ1n) is 7.81. The highest BCUT2D eigenvalue weighted by Crippen LogP contribution is 2.29. The predicted molar refractivity (Wildman–Crippen MR) is 83.6 cm³/mol. The zero-order valence-electron chi connectivity index (χ0n) is 12.9. The van der Waals surface area contributed by atoms with Gasteiger partial charge < -0.3 is 14.8 Å². The highest BCUT2D eigenvalue weighted by atomic mass is 16.5. The van der Waals surface area contributed by atoms with E-state index in [0.29, 0.717) is 12.5 Å². The van der Waals surface area contributed by atoms with Crippen LogP contribution < -0.4 is 10.1 Å². The minimum Gasteiger partial charge on any atom is -0.497 e. The zero-order valence-corrected chi connectivity index (χ0v) is 12.9. The van der Waals surface area contributed by atoms with E-state index in [0.717, 1.165) is 24.3 Å². The van der Waals surface area contributed by atoms with Crippen LogP contribution in [-0.2, 0) is 9.53 Å². The van der Waals surface area contributed by atoms with E-state index < -0.39 is 0 Å². The quantitative estimate of drug-likeness (QED) is 0.813. The summed E-state index contributed by atoms with van der Waals surface area (Å²) >= 11 is 0. The van der Waals surface area contributed by atoms with Gasteiger partial charge in [-0.25, -0.2) is 4.79 Å². The smallest absolute Gasteiger partial charge is 0.328 e. The summed E-state index contributed by atoms with van der Waals surface area (Å²) in [4.78, 5) is 12.3. The summed E-state index contributed by atoms with van der Waals surface area (Å²) in [5.74, 6) is 1.03. The fourth-order valence-corrected chi connectivity index (χ4v) is 2.94. The third-order valence-electron chi connectivity index (χ3n) is 4.07. The standard InChI is InChI=1S/C17H25NO3/c1-3-21-17(19)16(13-7-5-4-6-8-13)18-14-9-11-15(20-2)12-10-14/h9-13,16,18H,3-8H2,1-2H3. The summed E-state index contributed by atoms with van der Waals surface area (Å²) in [6.45, 7) is 2.27. The third kappa shape index (κ3) is 4.38. The van der Waals surface area contributed by atoms with Gasteiger partial charge in [-0.05, 0) is 49.9 Å². The van der Waals surface area contributed by atoms with Gasteiger partial charge in [0.05, 0.1) is 13.7 Å². The lowest BCUT2D eigenvalue weighted by atomic mass is 9.83. The number of rotatable bonds is 6. The van der Waals surface area contributed by atoms with Crippen LogP contribution in [0.2, 0.25) is 0 Å². The van der Waals surface area contributed by atoms with Crippen molar-refractivity contribution in [1.82, 2.24) is 0 Å². The Hall–Kier alpha value is -1.71. The largest absolute Gasteiger partial charge is 0.497 e. The van der Waals surface area contributed by atoms with Crippen LogP contribution in [0.1, 0.15) is 39.0 Å². The molecular formula is C17H25NO3. The van der Waals surface area contributed by atoms with Crippen molar-refractivity contribution in [2.24, 2.45) is 5.92 Å². The molecule has 0 radical (unpaired) electrons. The van der Waals surface area contributed by atoms with E-state index in [1.165, 1.54) is 19.3 Å². The molecular weight excluding hydrogens is 266 g/mol. The average Bonchev–Trinajstić information content (AvgIpc) is 2.54. The highest BCUT2D eigenvalue weighted by Gasteiger charge is 2.30. The van der Waals surface area contributed by atoms with Gasteiger partial charge in [0.25, 0.3) is 0 Å². The fourth-order valence-electron chi connectivity index (χ4n) is 2.94. The van der Waals surface area contributed by atoms with Gasteiger partial charge >= 0.3 is 5.97 Å². The molecule has 0 aromatic heterocycles. The molecule has 1 aliphatic carbocycles. The molecule has 21 heavy (non-hydrogen) atoms. The Kier molecular flexibility index (Phi) is 5.90. The van der Waals surface area contributed by atoms with Gasteiger partial charge in [0.15, 0.2) is 0 Å². The molecule has 1 aliphatic rings. The molecule has 0 bridgehead atoms. The van der Waals surface area contributed by atoms with E-state index in [1.807, 2.05) is 31.2 Å². The van der Waals surface area contributed by atoms with Gasteiger partial charge in [-0.15, -0.1) is 0 Å². The molecule has 1 aromatic rings. The number of hydrogen-bond acceptors (Lipinski definition) is 4. The van der Waals surface area contributed by atoms with Crippen LogP contribution >= 0.6 is 0 Å². The molecule has 0 heterocycles. The monoisotopic (exact) mass is 291 g/mol. The Bertz CT molecular complexity index is 438. The Labute approximate surface area is 126 Å². The minimum absolute atomic E-state index is 0.139. The second kappa shape index (κ2) is 7.91. The molecule has 116 valence electrons. The van der Waals surface area contributed by atoms with Crippen molar-refractivity contribution in [2.75, 3.05) is 19.0 Å².